The molecule has 0 saturated heterocycles. The Morgan fingerprint density at radius 2 is 1.95 bits per heavy atom. The number of alkyl halides is 3. The summed E-state index contributed by atoms with van der Waals surface area (Å²) < 4.78 is 39.6. The van der Waals surface area contributed by atoms with Crippen molar-refractivity contribution in [2.75, 3.05) is 11.9 Å². The molecule has 1 atom stereocenters. The molecule has 1 aromatic carbocycles. The number of benzene rings is 1. The lowest BCUT2D eigenvalue weighted by Crippen LogP contribution is -2.21. The third kappa shape index (κ3) is 5.92. The smallest absolute Gasteiger partial charge is 0.406 e. The number of hydrogen-bond donors (Lipinski definition) is 2. The third-order valence-corrected chi connectivity index (χ3v) is 2.76. The van der Waals surface area contributed by atoms with Crippen molar-refractivity contribution in [3.63, 3.8) is 0 Å². The lowest BCUT2D eigenvalue weighted by molar-refractivity contribution is -0.274. The zero-order valence-corrected chi connectivity index (χ0v) is 11.0. The molecule has 0 spiro atoms. The molecule has 0 fully saturated rings. The predicted octanol–water partition coefficient (Wildman–Crippen LogP) is 2.90. The quantitative estimate of drug-likeness (QED) is 0.846. The van der Waals surface area contributed by atoms with Crippen molar-refractivity contribution in [2.24, 2.45) is 11.7 Å². The normalized spacial score (nSPS) is 12.8. The van der Waals surface area contributed by atoms with E-state index in [4.69, 9.17) is 5.73 Å². The first-order valence-electron chi connectivity index (χ1n) is 6.19. The minimum Gasteiger partial charge on any atom is -0.406 e. The van der Waals surface area contributed by atoms with Crippen LogP contribution in [0.1, 0.15) is 19.8 Å². The molecular weight excluding hydrogens is 273 g/mol. The molecule has 0 radical (unpaired) electrons. The molecule has 0 aliphatic heterocycles. The van der Waals surface area contributed by atoms with E-state index in [1.165, 1.54) is 12.1 Å². The molecule has 0 aliphatic rings. The molecule has 20 heavy (non-hydrogen) atoms. The van der Waals surface area contributed by atoms with Crippen LogP contribution in [-0.4, -0.2) is 18.8 Å². The molecule has 112 valence electrons. The van der Waals surface area contributed by atoms with E-state index in [0.717, 1.165) is 18.6 Å². The van der Waals surface area contributed by atoms with Gasteiger partial charge in [0.25, 0.3) is 0 Å². The van der Waals surface area contributed by atoms with Crippen molar-refractivity contribution in [1.29, 1.82) is 0 Å². The first-order chi connectivity index (χ1) is 9.34. The Morgan fingerprint density at radius 1 is 1.35 bits per heavy atom. The Morgan fingerprint density at radius 3 is 2.40 bits per heavy atom. The van der Waals surface area contributed by atoms with Crippen LogP contribution in [0.5, 0.6) is 5.75 Å². The Kier molecular flexibility index (Phi) is 5.82. The number of amides is 1. The van der Waals surface area contributed by atoms with Crippen molar-refractivity contribution in [1.82, 2.24) is 0 Å². The summed E-state index contributed by atoms with van der Waals surface area (Å²) in [7, 11) is 0. The van der Waals surface area contributed by atoms with Crippen molar-refractivity contribution < 1.29 is 22.7 Å². The first kappa shape index (κ1) is 16.3. The number of anilines is 1. The molecule has 1 unspecified atom stereocenters. The highest BCUT2D eigenvalue weighted by Gasteiger charge is 2.30. The van der Waals surface area contributed by atoms with Crippen LogP contribution in [0.3, 0.4) is 0 Å². The molecule has 7 heteroatoms. The van der Waals surface area contributed by atoms with Gasteiger partial charge >= 0.3 is 6.36 Å². The van der Waals surface area contributed by atoms with Crippen molar-refractivity contribution in [3.05, 3.63) is 24.3 Å². The van der Waals surface area contributed by atoms with Crippen LogP contribution in [0.25, 0.3) is 0 Å². The maximum Gasteiger partial charge on any atom is 0.573 e. The summed E-state index contributed by atoms with van der Waals surface area (Å²) in [4.78, 5) is 11.7. The molecule has 4 nitrogen and oxygen atoms in total. The van der Waals surface area contributed by atoms with Crippen LogP contribution in [0.4, 0.5) is 18.9 Å². The maximum absolute atomic E-state index is 12.0. The van der Waals surface area contributed by atoms with Gasteiger partial charge < -0.3 is 15.8 Å². The number of rotatable bonds is 6. The summed E-state index contributed by atoms with van der Waals surface area (Å²) in [5.41, 5.74) is 5.91. The molecule has 0 aromatic heterocycles. The van der Waals surface area contributed by atoms with Gasteiger partial charge in [0.2, 0.25) is 5.91 Å². The Bertz CT molecular complexity index is 428. The number of carbonyl (C=O) groups is 1. The fourth-order valence-electron chi connectivity index (χ4n) is 1.61. The van der Waals surface area contributed by atoms with Crippen LogP contribution in [0, 0.1) is 5.92 Å². The minimum atomic E-state index is -4.72. The molecule has 0 bridgehead atoms. The molecular formula is C13H17F3N2O2. The molecule has 0 aliphatic carbocycles. The summed E-state index contributed by atoms with van der Waals surface area (Å²) in [5, 5.41) is 2.60. The summed E-state index contributed by atoms with van der Waals surface area (Å²) >= 11 is 0. The molecule has 1 aromatic rings. The monoisotopic (exact) mass is 290 g/mol. The molecule has 3 N–H and O–H groups in total. The van der Waals surface area contributed by atoms with E-state index in [2.05, 4.69) is 10.1 Å². The molecule has 0 saturated carbocycles. The highest BCUT2D eigenvalue weighted by molar-refractivity contribution is 5.90. The molecule has 1 rings (SSSR count). The largest absolute Gasteiger partial charge is 0.573 e. The van der Waals surface area contributed by atoms with Crippen LogP contribution in [0.15, 0.2) is 24.3 Å². The second-order valence-electron chi connectivity index (χ2n) is 4.33. The van der Waals surface area contributed by atoms with E-state index in [0.29, 0.717) is 12.2 Å². The second kappa shape index (κ2) is 7.14. The number of carbonyl (C=O) groups excluding carboxylic acids is 1. The summed E-state index contributed by atoms with van der Waals surface area (Å²) in [6.07, 6.45) is -3.64. The van der Waals surface area contributed by atoms with Gasteiger partial charge in [0.05, 0.1) is 0 Å². The Balaban J connectivity index is 2.55. The average molecular weight is 290 g/mol. The SMILES string of the molecule is CCC(CN)CC(=O)Nc1ccc(OC(F)(F)F)cc1. The first-order valence-corrected chi connectivity index (χ1v) is 6.19. The van der Waals surface area contributed by atoms with Gasteiger partial charge in [0, 0.05) is 12.1 Å². The lowest BCUT2D eigenvalue weighted by atomic mass is 10.0. The summed E-state index contributed by atoms with van der Waals surface area (Å²) in [5.74, 6) is -0.446. The zero-order valence-electron chi connectivity index (χ0n) is 11.0. The van der Waals surface area contributed by atoms with E-state index in [1.807, 2.05) is 6.92 Å². The van der Waals surface area contributed by atoms with E-state index >= 15 is 0 Å². The number of ether oxygens (including phenoxy) is 1. The molecule has 1 amide bonds. The molecule has 0 heterocycles. The number of nitrogens with two attached hydrogens (primary N) is 1. The van der Waals surface area contributed by atoms with Crippen molar-refractivity contribution >= 4 is 11.6 Å². The van der Waals surface area contributed by atoms with Gasteiger partial charge in [0.15, 0.2) is 0 Å². The summed E-state index contributed by atoms with van der Waals surface area (Å²) in [6, 6.07) is 4.98. The van der Waals surface area contributed by atoms with Crippen LogP contribution in [-0.2, 0) is 4.79 Å². The highest BCUT2D eigenvalue weighted by Crippen LogP contribution is 2.24. The van der Waals surface area contributed by atoms with Gasteiger partial charge in [0.1, 0.15) is 5.75 Å². The highest BCUT2D eigenvalue weighted by atomic mass is 19.4. The number of nitrogens with one attached hydrogen (secondary N) is 1. The zero-order chi connectivity index (χ0) is 15.2. The fourth-order valence-corrected chi connectivity index (χ4v) is 1.61. The Hall–Kier alpha value is -1.76. The van der Waals surface area contributed by atoms with E-state index in [1.54, 1.807) is 0 Å². The van der Waals surface area contributed by atoms with Gasteiger partial charge in [-0.2, -0.15) is 0 Å². The fraction of sp³-hybridized carbons (Fsp3) is 0.462. The van der Waals surface area contributed by atoms with Crippen molar-refractivity contribution in [3.8, 4) is 5.75 Å². The maximum atomic E-state index is 12.0. The minimum absolute atomic E-state index is 0.0998. The summed E-state index contributed by atoms with van der Waals surface area (Å²) in [6.45, 7) is 2.36. The van der Waals surface area contributed by atoms with Crippen LogP contribution in [0.2, 0.25) is 0 Å². The predicted molar refractivity (Wildman–Crippen MR) is 69.2 cm³/mol. The number of hydrogen-bond acceptors (Lipinski definition) is 3. The van der Waals surface area contributed by atoms with Crippen LogP contribution >= 0.6 is 0 Å². The van der Waals surface area contributed by atoms with Crippen molar-refractivity contribution in [2.45, 2.75) is 26.1 Å². The van der Waals surface area contributed by atoms with E-state index < -0.39 is 6.36 Å². The topological polar surface area (TPSA) is 64.4 Å². The standard InChI is InChI=1S/C13H17F3N2O2/c1-2-9(8-17)7-12(19)18-10-3-5-11(6-4-10)20-13(14,15)16/h3-6,9H,2,7-8,17H2,1H3,(H,18,19). The van der Waals surface area contributed by atoms with Gasteiger partial charge in [-0.15, -0.1) is 13.2 Å². The van der Waals surface area contributed by atoms with Gasteiger partial charge in [-0.3, -0.25) is 4.79 Å². The van der Waals surface area contributed by atoms with Gasteiger partial charge in [-0.05, 0) is 36.7 Å². The van der Waals surface area contributed by atoms with Crippen LogP contribution < -0.4 is 15.8 Å². The second-order valence-corrected chi connectivity index (χ2v) is 4.33. The lowest BCUT2D eigenvalue weighted by Gasteiger charge is -2.12. The van der Waals surface area contributed by atoms with E-state index in [-0.39, 0.29) is 24.0 Å². The number of halogens is 3. The van der Waals surface area contributed by atoms with E-state index in [9.17, 15) is 18.0 Å². The van der Waals surface area contributed by atoms with Gasteiger partial charge in [-0.1, -0.05) is 13.3 Å². The average Bonchev–Trinajstić information content (AvgIpc) is 2.36. The third-order valence-electron chi connectivity index (χ3n) is 2.76. The Labute approximate surface area is 115 Å². The van der Waals surface area contributed by atoms with Gasteiger partial charge in [-0.25, -0.2) is 0 Å².